The summed E-state index contributed by atoms with van der Waals surface area (Å²) in [4.78, 5) is 21.0. The third-order valence-electron chi connectivity index (χ3n) is 1.95. The number of benzene rings is 1. The van der Waals surface area contributed by atoms with Crippen molar-refractivity contribution in [2.24, 2.45) is 0 Å². The van der Waals surface area contributed by atoms with Crippen LogP contribution < -0.4 is 4.74 Å². The number of nitro groups is 1. The molecular weight excluding hydrogens is 240 g/mol. The van der Waals surface area contributed by atoms with E-state index in [-0.39, 0.29) is 23.6 Å². The van der Waals surface area contributed by atoms with Crippen LogP contribution >= 0.6 is 0 Å². The first-order chi connectivity index (χ1) is 8.58. The number of nitrogens with zero attached hydrogens (tertiary/aromatic N) is 2. The summed E-state index contributed by atoms with van der Waals surface area (Å²) >= 11 is 0. The summed E-state index contributed by atoms with van der Waals surface area (Å²) in [6.45, 7) is 1.46. The summed E-state index contributed by atoms with van der Waals surface area (Å²) in [6, 6.07) is 5.37. The molecule has 1 aromatic rings. The fraction of sp³-hybridized carbons (Fsp3) is 0.273. The lowest BCUT2D eigenvalue weighted by atomic mass is 10.2. The van der Waals surface area contributed by atoms with Gasteiger partial charge in [0.1, 0.15) is 11.8 Å². The molecule has 0 radical (unpaired) electrons. The van der Waals surface area contributed by atoms with E-state index in [2.05, 4.69) is 4.74 Å². The molecule has 0 heterocycles. The molecule has 0 fully saturated rings. The number of non-ortho nitro benzene ring substituents is 1. The molecule has 7 nitrogen and oxygen atoms in total. The van der Waals surface area contributed by atoms with Crippen molar-refractivity contribution in [3.8, 4) is 11.8 Å². The lowest BCUT2D eigenvalue weighted by Crippen LogP contribution is -2.15. The number of nitriles is 1. The first-order valence-electron chi connectivity index (χ1n) is 5.05. The van der Waals surface area contributed by atoms with Gasteiger partial charge in [0.15, 0.2) is 6.61 Å². The van der Waals surface area contributed by atoms with Gasteiger partial charge < -0.3 is 9.47 Å². The van der Waals surface area contributed by atoms with Crippen LogP contribution in [0.25, 0.3) is 0 Å². The highest BCUT2D eigenvalue weighted by atomic mass is 16.6. The van der Waals surface area contributed by atoms with Crippen LogP contribution in [0.4, 0.5) is 5.69 Å². The number of ether oxygens (including phenoxy) is 2. The number of nitro benzene ring substituents is 1. The van der Waals surface area contributed by atoms with E-state index in [1.807, 2.05) is 6.07 Å². The van der Waals surface area contributed by atoms with Crippen molar-refractivity contribution in [1.29, 1.82) is 5.26 Å². The Labute approximate surface area is 103 Å². The van der Waals surface area contributed by atoms with Gasteiger partial charge >= 0.3 is 5.97 Å². The smallest absolute Gasteiger partial charge is 0.344 e. The first-order valence-corrected chi connectivity index (χ1v) is 5.05. The molecule has 0 unspecified atom stereocenters. The molecule has 0 saturated carbocycles. The number of hydrogen-bond acceptors (Lipinski definition) is 6. The SMILES string of the molecule is CCOC(=O)COc1cc([N+](=O)[O-])ccc1C#N. The van der Waals surface area contributed by atoms with Gasteiger partial charge in [-0.15, -0.1) is 0 Å². The molecule has 0 amide bonds. The highest BCUT2D eigenvalue weighted by molar-refractivity contribution is 5.71. The minimum atomic E-state index is -0.613. The quantitative estimate of drug-likeness (QED) is 0.444. The van der Waals surface area contributed by atoms with Gasteiger partial charge in [-0.1, -0.05) is 0 Å². The largest absolute Gasteiger partial charge is 0.480 e. The van der Waals surface area contributed by atoms with Gasteiger partial charge in [0.2, 0.25) is 0 Å². The second kappa shape index (κ2) is 6.20. The average molecular weight is 250 g/mol. The summed E-state index contributed by atoms with van der Waals surface area (Å²) in [5, 5.41) is 19.4. The van der Waals surface area contributed by atoms with Gasteiger partial charge in [0.25, 0.3) is 5.69 Å². The third-order valence-corrected chi connectivity index (χ3v) is 1.95. The van der Waals surface area contributed by atoms with E-state index in [1.165, 1.54) is 12.1 Å². The second-order valence-corrected chi connectivity index (χ2v) is 3.14. The maximum absolute atomic E-state index is 11.1. The van der Waals surface area contributed by atoms with Crippen molar-refractivity contribution in [2.45, 2.75) is 6.92 Å². The van der Waals surface area contributed by atoms with Gasteiger partial charge in [0.05, 0.1) is 23.2 Å². The van der Waals surface area contributed by atoms with E-state index in [1.54, 1.807) is 6.92 Å². The Balaban J connectivity index is 2.86. The molecule has 0 spiro atoms. The monoisotopic (exact) mass is 250 g/mol. The Kier molecular flexibility index (Phi) is 4.63. The van der Waals surface area contributed by atoms with E-state index in [0.29, 0.717) is 0 Å². The van der Waals surface area contributed by atoms with Crippen LogP contribution in [-0.2, 0) is 9.53 Å². The van der Waals surface area contributed by atoms with Crippen molar-refractivity contribution >= 4 is 11.7 Å². The van der Waals surface area contributed by atoms with Crippen molar-refractivity contribution < 1.29 is 19.2 Å². The zero-order chi connectivity index (χ0) is 13.5. The molecule has 18 heavy (non-hydrogen) atoms. The zero-order valence-corrected chi connectivity index (χ0v) is 9.58. The maximum atomic E-state index is 11.1. The Hall–Kier alpha value is -2.62. The summed E-state index contributed by atoms with van der Waals surface area (Å²) in [5.74, 6) is -0.618. The number of hydrogen-bond donors (Lipinski definition) is 0. The van der Waals surface area contributed by atoms with Gasteiger partial charge in [-0.25, -0.2) is 4.79 Å². The van der Waals surface area contributed by atoms with Crippen LogP contribution in [-0.4, -0.2) is 24.1 Å². The van der Waals surface area contributed by atoms with E-state index < -0.39 is 17.5 Å². The minimum absolute atomic E-state index is 0.0141. The predicted octanol–water partition coefficient (Wildman–Crippen LogP) is 1.41. The second-order valence-electron chi connectivity index (χ2n) is 3.14. The summed E-state index contributed by atoms with van der Waals surface area (Å²) < 4.78 is 9.67. The number of carbonyl (C=O) groups is 1. The molecule has 0 N–H and O–H groups in total. The van der Waals surface area contributed by atoms with Crippen LogP contribution in [0.2, 0.25) is 0 Å². The van der Waals surface area contributed by atoms with Gasteiger partial charge in [-0.05, 0) is 13.0 Å². The van der Waals surface area contributed by atoms with Crippen molar-refractivity contribution in [3.63, 3.8) is 0 Å². The Morgan fingerprint density at radius 2 is 2.28 bits per heavy atom. The van der Waals surface area contributed by atoms with E-state index >= 15 is 0 Å². The highest BCUT2D eigenvalue weighted by Gasteiger charge is 2.13. The van der Waals surface area contributed by atoms with E-state index in [9.17, 15) is 14.9 Å². The lowest BCUT2D eigenvalue weighted by molar-refractivity contribution is -0.384. The minimum Gasteiger partial charge on any atom is -0.480 e. The topological polar surface area (TPSA) is 102 Å². The Morgan fingerprint density at radius 3 is 2.83 bits per heavy atom. The highest BCUT2D eigenvalue weighted by Crippen LogP contribution is 2.24. The lowest BCUT2D eigenvalue weighted by Gasteiger charge is -2.06. The molecule has 94 valence electrons. The first kappa shape index (κ1) is 13.4. The van der Waals surface area contributed by atoms with Crippen LogP contribution in [0.5, 0.6) is 5.75 Å². The Morgan fingerprint density at radius 1 is 1.56 bits per heavy atom. The number of esters is 1. The maximum Gasteiger partial charge on any atom is 0.344 e. The molecule has 7 heteroatoms. The molecule has 0 atom stereocenters. The predicted molar refractivity (Wildman–Crippen MR) is 59.9 cm³/mol. The van der Waals surface area contributed by atoms with Gasteiger partial charge in [-0.2, -0.15) is 5.26 Å². The van der Waals surface area contributed by atoms with E-state index in [4.69, 9.17) is 10.00 Å². The molecule has 1 aromatic carbocycles. The number of rotatable bonds is 5. The fourth-order valence-electron chi connectivity index (χ4n) is 1.18. The molecule has 0 aromatic heterocycles. The molecule has 0 aliphatic carbocycles. The average Bonchev–Trinajstić information content (AvgIpc) is 2.36. The zero-order valence-electron chi connectivity index (χ0n) is 9.58. The van der Waals surface area contributed by atoms with Crippen LogP contribution in [0.1, 0.15) is 12.5 Å². The fourth-order valence-corrected chi connectivity index (χ4v) is 1.18. The Bertz CT molecular complexity index is 507. The summed E-state index contributed by atoms with van der Waals surface area (Å²) in [7, 11) is 0. The van der Waals surface area contributed by atoms with Crippen LogP contribution in [0.15, 0.2) is 18.2 Å². The summed E-state index contributed by atoms with van der Waals surface area (Å²) in [5.41, 5.74) is -0.0993. The molecule has 0 aliphatic rings. The molecule has 0 saturated heterocycles. The summed E-state index contributed by atoms with van der Waals surface area (Å²) in [6.07, 6.45) is 0. The van der Waals surface area contributed by atoms with Crippen LogP contribution in [0, 0.1) is 21.4 Å². The van der Waals surface area contributed by atoms with Gasteiger partial charge in [-0.3, -0.25) is 10.1 Å². The number of carbonyl (C=O) groups excluding carboxylic acids is 1. The molecule has 1 rings (SSSR count). The van der Waals surface area contributed by atoms with Crippen molar-refractivity contribution in [3.05, 3.63) is 33.9 Å². The van der Waals surface area contributed by atoms with Crippen molar-refractivity contribution in [1.82, 2.24) is 0 Å². The molecule has 0 bridgehead atoms. The van der Waals surface area contributed by atoms with E-state index in [0.717, 1.165) is 6.07 Å². The third kappa shape index (κ3) is 3.45. The standard InChI is InChI=1S/C11H10N2O5/c1-2-17-11(14)7-18-10-5-9(13(15)16)4-3-8(10)6-12/h3-5H,2,7H2,1H3. The van der Waals surface area contributed by atoms with Crippen LogP contribution in [0.3, 0.4) is 0 Å². The van der Waals surface area contributed by atoms with Crippen molar-refractivity contribution in [2.75, 3.05) is 13.2 Å². The normalized spacial score (nSPS) is 9.33. The van der Waals surface area contributed by atoms with Gasteiger partial charge in [0, 0.05) is 6.07 Å². The molecular formula is C11H10N2O5. The molecule has 0 aliphatic heterocycles.